The van der Waals surface area contributed by atoms with Crippen LogP contribution in [-0.2, 0) is 13.2 Å². The number of aryl methyl sites for hydroxylation is 1. The highest BCUT2D eigenvalue weighted by atomic mass is 19.4. The van der Waals surface area contributed by atoms with Gasteiger partial charge in [0.15, 0.2) is 5.69 Å². The zero-order chi connectivity index (χ0) is 13.5. The summed E-state index contributed by atoms with van der Waals surface area (Å²) in [6.07, 6.45) is -4.60. The quantitative estimate of drug-likeness (QED) is 0.720. The lowest BCUT2D eigenvalue weighted by molar-refractivity contribution is -0.141. The summed E-state index contributed by atoms with van der Waals surface area (Å²) in [6, 6.07) is 3.37. The Morgan fingerprint density at radius 1 is 1.11 bits per heavy atom. The van der Waals surface area contributed by atoms with Crippen LogP contribution in [0.1, 0.15) is 5.69 Å². The van der Waals surface area contributed by atoms with E-state index < -0.39 is 23.5 Å². The van der Waals surface area contributed by atoms with E-state index in [-0.39, 0.29) is 11.3 Å². The molecule has 1 heterocycles. The molecule has 2 aromatic rings. The molecule has 0 bridgehead atoms. The van der Waals surface area contributed by atoms with Gasteiger partial charge in [-0.15, -0.1) is 0 Å². The molecule has 96 valence electrons. The van der Waals surface area contributed by atoms with Gasteiger partial charge in [-0.1, -0.05) is 0 Å². The van der Waals surface area contributed by atoms with Gasteiger partial charge in [-0.05, 0) is 18.2 Å². The van der Waals surface area contributed by atoms with Crippen LogP contribution >= 0.6 is 0 Å². The summed E-state index contributed by atoms with van der Waals surface area (Å²) in [7, 11) is 1.26. The molecule has 7 heteroatoms. The fourth-order valence-corrected chi connectivity index (χ4v) is 1.56. The Hall–Kier alpha value is -1.92. The average molecular weight is 262 g/mol. The van der Waals surface area contributed by atoms with Gasteiger partial charge in [0.05, 0.1) is 5.69 Å². The Labute approximate surface area is 98.7 Å². The number of hydrogen-bond acceptors (Lipinski definition) is 1. The van der Waals surface area contributed by atoms with Crippen LogP contribution in [0.3, 0.4) is 0 Å². The maximum absolute atomic E-state index is 13.5. The molecule has 0 saturated heterocycles. The third-order valence-electron chi connectivity index (χ3n) is 2.38. The molecular formula is C11H7F5N2. The molecule has 0 amide bonds. The Kier molecular flexibility index (Phi) is 2.84. The van der Waals surface area contributed by atoms with Crippen molar-refractivity contribution in [2.75, 3.05) is 0 Å². The first kappa shape index (κ1) is 12.5. The van der Waals surface area contributed by atoms with Crippen molar-refractivity contribution in [3.8, 4) is 11.3 Å². The number of benzene rings is 1. The van der Waals surface area contributed by atoms with Crippen molar-refractivity contribution in [3.63, 3.8) is 0 Å². The highest BCUT2D eigenvalue weighted by Gasteiger charge is 2.34. The molecule has 0 atom stereocenters. The first-order valence-corrected chi connectivity index (χ1v) is 4.85. The zero-order valence-corrected chi connectivity index (χ0v) is 9.09. The van der Waals surface area contributed by atoms with Crippen molar-refractivity contribution in [1.29, 1.82) is 0 Å². The zero-order valence-electron chi connectivity index (χ0n) is 9.09. The van der Waals surface area contributed by atoms with Gasteiger partial charge in [0, 0.05) is 18.7 Å². The third-order valence-corrected chi connectivity index (χ3v) is 2.38. The van der Waals surface area contributed by atoms with Crippen molar-refractivity contribution in [2.45, 2.75) is 6.18 Å². The lowest BCUT2D eigenvalue weighted by atomic mass is 10.1. The molecule has 0 aliphatic heterocycles. The van der Waals surface area contributed by atoms with Gasteiger partial charge in [0.1, 0.15) is 11.6 Å². The van der Waals surface area contributed by atoms with Crippen molar-refractivity contribution in [3.05, 3.63) is 41.6 Å². The van der Waals surface area contributed by atoms with E-state index in [0.717, 1.165) is 22.9 Å². The summed E-state index contributed by atoms with van der Waals surface area (Å²) < 4.78 is 64.4. The first-order valence-electron chi connectivity index (χ1n) is 4.85. The summed E-state index contributed by atoms with van der Waals surface area (Å²) in [5.74, 6) is -1.74. The molecule has 1 aromatic heterocycles. The molecule has 0 radical (unpaired) electrons. The van der Waals surface area contributed by atoms with E-state index in [1.165, 1.54) is 7.05 Å². The largest absolute Gasteiger partial charge is 0.435 e. The predicted molar refractivity (Wildman–Crippen MR) is 53.6 cm³/mol. The van der Waals surface area contributed by atoms with Crippen LogP contribution in [0.25, 0.3) is 11.3 Å². The van der Waals surface area contributed by atoms with E-state index in [2.05, 4.69) is 5.10 Å². The van der Waals surface area contributed by atoms with Crippen LogP contribution in [0.2, 0.25) is 0 Å². The summed E-state index contributed by atoms with van der Waals surface area (Å²) in [6.45, 7) is 0. The topological polar surface area (TPSA) is 17.8 Å². The Morgan fingerprint density at radius 3 is 2.28 bits per heavy atom. The van der Waals surface area contributed by atoms with Gasteiger partial charge in [-0.2, -0.15) is 18.3 Å². The summed E-state index contributed by atoms with van der Waals surface area (Å²) in [5.41, 5.74) is -1.33. The lowest BCUT2D eigenvalue weighted by Gasteiger charge is -2.03. The predicted octanol–water partition coefficient (Wildman–Crippen LogP) is 3.38. The van der Waals surface area contributed by atoms with Crippen LogP contribution in [-0.4, -0.2) is 9.78 Å². The van der Waals surface area contributed by atoms with E-state index in [1.807, 2.05) is 0 Å². The molecule has 18 heavy (non-hydrogen) atoms. The van der Waals surface area contributed by atoms with Crippen molar-refractivity contribution < 1.29 is 22.0 Å². The van der Waals surface area contributed by atoms with Crippen LogP contribution in [0.4, 0.5) is 22.0 Å². The maximum atomic E-state index is 13.5. The van der Waals surface area contributed by atoms with E-state index in [1.54, 1.807) is 0 Å². The third kappa shape index (κ3) is 2.20. The highest BCUT2D eigenvalue weighted by molar-refractivity contribution is 5.61. The van der Waals surface area contributed by atoms with E-state index in [4.69, 9.17) is 0 Å². The normalized spacial score (nSPS) is 11.9. The van der Waals surface area contributed by atoms with Crippen LogP contribution in [0.5, 0.6) is 0 Å². The second-order valence-electron chi connectivity index (χ2n) is 3.66. The SMILES string of the molecule is Cn1nc(C(F)(F)F)cc1-c1ccc(F)cc1F. The van der Waals surface area contributed by atoms with E-state index >= 15 is 0 Å². The molecule has 0 unspecified atom stereocenters. The van der Waals surface area contributed by atoms with Gasteiger partial charge >= 0.3 is 6.18 Å². The van der Waals surface area contributed by atoms with E-state index in [9.17, 15) is 22.0 Å². The monoisotopic (exact) mass is 262 g/mol. The summed E-state index contributed by atoms with van der Waals surface area (Å²) >= 11 is 0. The minimum absolute atomic E-state index is 0.0696. The molecule has 0 saturated carbocycles. The van der Waals surface area contributed by atoms with Gasteiger partial charge in [0.2, 0.25) is 0 Å². The van der Waals surface area contributed by atoms with Gasteiger partial charge < -0.3 is 0 Å². The Balaban J connectivity index is 2.55. The van der Waals surface area contributed by atoms with E-state index in [0.29, 0.717) is 6.07 Å². The van der Waals surface area contributed by atoms with Crippen LogP contribution < -0.4 is 0 Å². The number of nitrogens with zero attached hydrogens (tertiary/aromatic N) is 2. The Bertz CT molecular complexity index is 586. The van der Waals surface area contributed by atoms with Crippen molar-refractivity contribution >= 4 is 0 Å². The molecule has 1 aromatic carbocycles. The van der Waals surface area contributed by atoms with Crippen LogP contribution in [0, 0.1) is 11.6 Å². The van der Waals surface area contributed by atoms with Gasteiger partial charge in [0.25, 0.3) is 0 Å². The number of rotatable bonds is 1. The smallest absolute Gasteiger partial charge is 0.267 e. The maximum Gasteiger partial charge on any atom is 0.435 e. The standard InChI is InChI=1S/C11H7F5N2/c1-18-9(5-10(17-18)11(14,15)16)7-3-2-6(12)4-8(7)13/h2-5H,1H3. The number of aromatic nitrogens is 2. The van der Waals surface area contributed by atoms with Gasteiger partial charge in [-0.3, -0.25) is 4.68 Å². The second kappa shape index (κ2) is 4.08. The average Bonchev–Trinajstić information content (AvgIpc) is 2.60. The Morgan fingerprint density at radius 2 is 1.78 bits per heavy atom. The molecule has 0 N–H and O–H groups in total. The summed E-state index contributed by atoms with van der Waals surface area (Å²) in [5, 5.41) is 3.25. The molecule has 0 aliphatic rings. The lowest BCUT2D eigenvalue weighted by Crippen LogP contribution is -2.06. The minimum atomic E-state index is -4.60. The molecule has 2 rings (SSSR count). The minimum Gasteiger partial charge on any atom is -0.267 e. The highest BCUT2D eigenvalue weighted by Crippen LogP contribution is 2.32. The fraction of sp³-hybridized carbons (Fsp3) is 0.182. The molecule has 0 aliphatic carbocycles. The molecule has 0 fully saturated rings. The molecule has 0 spiro atoms. The number of hydrogen-bond donors (Lipinski definition) is 0. The molecular weight excluding hydrogens is 255 g/mol. The summed E-state index contributed by atoms with van der Waals surface area (Å²) in [4.78, 5) is 0. The number of alkyl halides is 3. The van der Waals surface area contributed by atoms with Gasteiger partial charge in [-0.25, -0.2) is 8.78 Å². The van der Waals surface area contributed by atoms with Crippen LogP contribution in [0.15, 0.2) is 24.3 Å². The van der Waals surface area contributed by atoms with Crippen molar-refractivity contribution in [2.24, 2.45) is 7.05 Å². The van der Waals surface area contributed by atoms with Crippen molar-refractivity contribution in [1.82, 2.24) is 9.78 Å². The fourth-order valence-electron chi connectivity index (χ4n) is 1.56. The molecule has 2 nitrogen and oxygen atoms in total. The second-order valence-corrected chi connectivity index (χ2v) is 3.66. The number of halogens is 5. The first-order chi connectivity index (χ1) is 8.29.